The van der Waals surface area contributed by atoms with Crippen molar-refractivity contribution >= 4 is 23.5 Å². The second kappa shape index (κ2) is 7.13. The standard InChI is InChI=1S/C18H22N2O4/c1-2-24-18(23)13-8-10-19(11-9-13)15-12-16(21)20(17(15)22)14-6-4-3-5-7-14/h3-7,13,15H,2,8-12H2,1H3/t15-/m0/s1. The van der Waals surface area contributed by atoms with E-state index in [9.17, 15) is 14.4 Å². The summed E-state index contributed by atoms with van der Waals surface area (Å²) in [5, 5.41) is 0. The number of imide groups is 1. The Balaban J connectivity index is 1.64. The van der Waals surface area contributed by atoms with Crippen LogP contribution in [0.1, 0.15) is 26.2 Å². The van der Waals surface area contributed by atoms with E-state index >= 15 is 0 Å². The van der Waals surface area contributed by atoms with Crippen LogP contribution in [-0.4, -0.2) is 48.4 Å². The van der Waals surface area contributed by atoms with Gasteiger partial charge in [-0.05, 0) is 45.0 Å². The molecule has 1 aromatic rings. The van der Waals surface area contributed by atoms with Gasteiger partial charge in [0.1, 0.15) is 0 Å². The van der Waals surface area contributed by atoms with Gasteiger partial charge in [0.15, 0.2) is 0 Å². The third kappa shape index (κ3) is 3.19. The summed E-state index contributed by atoms with van der Waals surface area (Å²) in [6.45, 7) is 3.46. The molecule has 0 aromatic heterocycles. The third-order valence-electron chi connectivity index (χ3n) is 4.73. The summed E-state index contributed by atoms with van der Waals surface area (Å²) in [5.74, 6) is -0.583. The number of anilines is 1. The average molecular weight is 330 g/mol. The van der Waals surface area contributed by atoms with Crippen molar-refractivity contribution in [3.8, 4) is 0 Å². The highest BCUT2D eigenvalue weighted by atomic mass is 16.5. The molecule has 2 amide bonds. The molecule has 2 saturated heterocycles. The van der Waals surface area contributed by atoms with Crippen molar-refractivity contribution in [1.82, 2.24) is 4.90 Å². The summed E-state index contributed by atoms with van der Waals surface area (Å²) < 4.78 is 5.07. The molecule has 6 heteroatoms. The van der Waals surface area contributed by atoms with Crippen LogP contribution in [0, 0.1) is 5.92 Å². The smallest absolute Gasteiger partial charge is 0.309 e. The van der Waals surface area contributed by atoms with Crippen LogP contribution >= 0.6 is 0 Å². The Morgan fingerprint density at radius 1 is 1.17 bits per heavy atom. The minimum absolute atomic E-state index is 0.0985. The second-order valence-corrected chi connectivity index (χ2v) is 6.19. The van der Waals surface area contributed by atoms with Gasteiger partial charge in [0.25, 0.3) is 5.91 Å². The van der Waals surface area contributed by atoms with Crippen molar-refractivity contribution in [3.63, 3.8) is 0 Å². The molecular formula is C18H22N2O4. The number of amides is 2. The SMILES string of the molecule is CCOC(=O)C1CCN([C@H]2CC(=O)N(c3ccccc3)C2=O)CC1. The molecule has 0 spiro atoms. The average Bonchev–Trinajstić information content (AvgIpc) is 2.90. The third-order valence-corrected chi connectivity index (χ3v) is 4.73. The summed E-state index contributed by atoms with van der Waals surface area (Å²) in [4.78, 5) is 40.1. The predicted molar refractivity (Wildman–Crippen MR) is 88.3 cm³/mol. The van der Waals surface area contributed by atoms with E-state index in [1.807, 2.05) is 23.1 Å². The normalized spacial score (nSPS) is 22.9. The van der Waals surface area contributed by atoms with Crippen LogP contribution in [0.2, 0.25) is 0 Å². The first-order valence-corrected chi connectivity index (χ1v) is 8.44. The maximum atomic E-state index is 12.7. The Bertz CT molecular complexity index is 623. The summed E-state index contributed by atoms with van der Waals surface area (Å²) in [6.07, 6.45) is 1.54. The molecule has 128 valence electrons. The van der Waals surface area contributed by atoms with Crippen molar-refractivity contribution in [2.75, 3.05) is 24.6 Å². The monoisotopic (exact) mass is 330 g/mol. The summed E-state index contributed by atoms with van der Waals surface area (Å²) in [7, 11) is 0. The fourth-order valence-electron chi connectivity index (χ4n) is 3.46. The summed E-state index contributed by atoms with van der Waals surface area (Å²) in [6, 6.07) is 8.60. The van der Waals surface area contributed by atoms with E-state index in [-0.39, 0.29) is 30.1 Å². The lowest BCUT2D eigenvalue weighted by Crippen LogP contribution is -2.47. The second-order valence-electron chi connectivity index (χ2n) is 6.19. The largest absolute Gasteiger partial charge is 0.466 e. The van der Waals surface area contributed by atoms with E-state index in [0.717, 1.165) is 0 Å². The number of benzene rings is 1. The molecule has 2 aliphatic rings. The Kier molecular flexibility index (Phi) is 4.94. The molecule has 0 unspecified atom stereocenters. The lowest BCUT2D eigenvalue weighted by Gasteiger charge is -2.33. The molecule has 1 atom stereocenters. The highest BCUT2D eigenvalue weighted by Gasteiger charge is 2.43. The lowest BCUT2D eigenvalue weighted by molar-refractivity contribution is -0.149. The number of piperidine rings is 1. The van der Waals surface area contributed by atoms with Gasteiger partial charge in [-0.15, -0.1) is 0 Å². The van der Waals surface area contributed by atoms with Crippen molar-refractivity contribution in [1.29, 1.82) is 0 Å². The molecular weight excluding hydrogens is 308 g/mol. The van der Waals surface area contributed by atoms with Crippen molar-refractivity contribution in [2.45, 2.75) is 32.2 Å². The van der Waals surface area contributed by atoms with Crippen LogP contribution in [-0.2, 0) is 19.1 Å². The van der Waals surface area contributed by atoms with Crippen LogP contribution in [0.4, 0.5) is 5.69 Å². The minimum Gasteiger partial charge on any atom is -0.466 e. The highest BCUT2D eigenvalue weighted by molar-refractivity contribution is 6.22. The fourth-order valence-corrected chi connectivity index (χ4v) is 3.46. The molecule has 6 nitrogen and oxygen atoms in total. The van der Waals surface area contributed by atoms with E-state index < -0.39 is 6.04 Å². The zero-order valence-electron chi connectivity index (χ0n) is 13.8. The molecule has 0 saturated carbocycles. The van der Waals surface area contributed by atoms with Crippen LogP contribution in [0.25, 0.3) is 0 Å². The van der Waals surface area contributed by atoms with Crippen LogP contribution < -0.4 is 4.90 Å². The lowest BCUT2D eigenvalue weighted by atomic mass is 9.95. The molecule has 1 aromatic carbocycles. The molecule has 2 aliphatic heterocycles. The van der Waals surface area contributed by atoms with Crippen LogP contribution in [0.5, 0.6) is 0 Å². The number of nitrogens with zero attached hydrogens (tertiary/aromatic N) is 2. The first kappa shape index (κ1) is 16.6. The van der Waals surface area contributed by atoms with E-state index in [4.69, 9.17) is 4.74 Å². The van der Waals surface area contributed by atoms with E-state index in [1.165, 1.54) is 4.90 Å². The van der Waals surface area contributed by atoms with E-state index in [2.05, 4.69) is 0 Å². The molecule has 2 heterocycles. The fraction of sp³-hybridized carbons (Fsp3) is 0.500. The number of esters is 1. The van der Waals surface area contributed by atoms with Gasteiger partial charge < -0.3 is 4.74 Å². The maximum absolute atomic E-state index is 12.7. The zero-order valence-corrected chi connectivity index (χ0v) is 13.8. The number of para-hydroxylation sites is 1. The Morgan fingerprint density at radius 2 is 1.83 bits per heavy atom. The molecule has 3 rings (SSSR count). The molecule has 0 radical (unpaired) electrons. The molecule has 0 N–H and O–H groups in total. The first-order valence-electron chi connectivity index (χ1n) is 8.44. The Hall–Kier alpha value is -2.21. The Morgan fingerprint density at radius 3 is 2.46 bits per heavy atom. The van der Waals surface area contributed by atoms with Gasteiger partial charge in [0.2, 0.25) is 5.91 Å². The minimum atomic E-state index is -0.416. The number of rotatable bonds is 4. The number of carbonyl (C=O) groups is 3. The summed E-state index contributed by atoms with van der Waals surface area (Å²) in [5.41, 5.74) is 0.622. The first-order chi connectivity index (χ1) is 11.6. The molecule has 24 heavy (non-hydrogen) atoms. The molecule has 0 aliphatic carbocycles. The van der Waals surface area contributed by atoms with E-state index in [0.29, 0.717) is 38.2 Å². The van der Waals surface area contributed by atoms with Gasteiger partial charge in [-0.1, -0.05) is 18.2 Å². The topological polar surface area (TPSA) is 66.9 Å². The van der Waals surface area contributed by atoms with Gasteiger partial charge in [-0.3, -0.25) is 19.3 Å². The van der Waals surface area contributed by atoms with Gasteiger partial charge in [0, 0.05) is 0 Å². The van der Waals surface area contributed by atoms with Crippen molar-refractivity contribution in [2.24, 2.45) is 5.92 Å². The number of carbonyl (C=O) groups excluding carboxylic acids is 3. The number of ether oxygens (including phenoxy) is 1. The van der Waals surface area contributed by atoms with Gasteiger partial charge in [-0.2, -0.15) is 0 Å². The zero-order chi connectivity index (χ0) is 17.1. The van der Waals surface area contributed by atoms with Gasteiger partial charge in [-0.25, -0.2) is 4.90 Å². The highest BCUT2D eigenvalue weighted by Crippen LogP contribution is 2.28. The maximum Gasteiger partial charge on any atom is 0.309 e. The number of likely N-dealkylation sites (tertiary alicyclic amines) is 1. The van der Waals surface area contributed by atoms with Crippen LogP contribution in [0.15, 0.2) is 30.3 Å². The number of hydrogen-bond acceptors (Lipinski definition) is 5. The Labute approximate surface area is 141 Å². The van der Waals surface area contributed by atoms with E-state index in [1.54, 1.807) is 19.1 Å². The quantitative estimate of drug-likeness (QED) is 0.619. The van der Waals surface area contributed by atoms with Gasteiger partial charge in [0.05, 0.1) is 30.7 Å². The summed E-state index contributed by atoms with van der Waals surface area (Å²) >= 11 is 0. The molecule has 0 bridgehead atoms. The van der Waals surface area contributed by atoms with Crippen molar-refractivity contribution < 1.29 is 19.1 Å². The predicted octanol–water partition coefficient (Wildman–Crippen LogP) is 1.59. The van der Waals surface area contributed by atoms with Crippen molar-refractivity contribution in [3.05, 3.63) is 30.3 Å². The van der Waals surface area contributed by atoms with Crippen LogP contribution in [0.3, 0.4) is 0 Å². The van der Waals surface area contributed by atoms with Gasteiger partial charge >= 0.3 is 5.97 Å². The molecule has 2 fully saturated rings. The number of hydrogen-bond donors (Lipinski definition) is 0.